The van der Waals surface area contributed by atoms with Gasteiger partial charge in [-0.25, -0.2) is 0 Å². The molecule has 1 aliphatic rings. The summed E-state index contributed by atoms with van der Waals surface area (Å²) in [5, 5.41) is 6.06. The molecule has 114 valence electrons. The number of hydrogen-bond donors (Lipinski definition) is 2. The third-order valence-electron chi connectivity index (χ3n) is 3.41. The van der Waals surface area contributed by atoms with Crippen LogP contribution >= 0.6 is 0 Å². The van der Waals surface area contributed by atoms with E-state index in [1.165, 1.54) is 5.56 Å². The Labute approximate surface area is 130 Å². The van der Waals surface area contributed by atoms with Crippen LogP contribution in [0.1, 0.15) is 12.0 Å². The van der Waals surface area contributed by atoms with Crippen molar-refractivity contribution in [3.63, 3.8) is 0 Å². The van der Waals surface area contributed by atoms with Gasteiger partial charge in [-0.1, -0.05) is 42.5 Å². The second-order valence-electron chi connectivity index (χ2n) is 5.05. The fourth-order valence-electron chi connectivity index (χ4n) is 2.34. The van der Waals surface area contributed by atoms with Crippen LogP contribution in [-0.2, 0) is 16.4 Å². The molecular weight excluding hydrogens is 298 g/mol. The van der Waals surface area contributed by atoms with Gasteiger partial charge in [-0.05, 0) is 30.5 Å². The highest BCUT2D eigenvalue weighted by molar-refractivity contribution is 7.90. The Balaban J connectivity index is 1.59. The van der Waals surface area contributed by atoms with E-state index in [2.05, 4.69) is 27.2 Å². The van der Waals surface area contributed by atoms with Gasteiger partial charge in [0.1, 0.15) is 4.90 Å². The summed E-state index contributed by atoms with van der Waals surface area (Å²) in [7, 11) is -3.62. The third-order valence-corrected chi connectivity index (χ3v) is 4.74. The van der Waals surface area contributed by atoms with Gasteiger partial charge >= 0.3 is 0 Å². The summed E-state index contributed by atoms with van der Waals surface area (Å²) in [5.41, 5.74) is 1.82. The zero-order valence-electron chi connectivity index (χ0n) is 12.0. The summed E-state index contributed by atoms with van der Waals surface area (Å²) in [6.45, 7) is 0.651. The van der Waals surface area contributed by atoms with Crippen LogP contribution in [0.25, 0.3) is 0 Å². The first-order chi connectivity index (χ1) is 10.6. The minimum atomic E-state index is -3.62. The highest BCUT2D eigenvalue weighted by Crippen LogP contribution is 2.25. The number of hydrogen-bond acceptors (Lipinski definition) is 4. The van der Waals surface area contributed by atoms with Crippen molar-refractivity contribution in [2.24, 2.45) is 4.40 Å². The molecular formula is C16H17N3O2S. The lowest BCUT2D eigenvalue weighted by atomic mass is 10.1. The molecule has 3 rings (SSSR count). The van der Waals surface area contributed by atoms with Crippen molar-refractivity contribution in [1.29, 1.82) is 0 Å². The molecule has 1 heterocycles. The standard InChI is InChI=1S/C16H17N3O2S/c20-22(21)15-11-5-4-10-14(15)18-16(19-22)17-12-6-9-13-7-2-1-3-8-13/h1-5,7-8,10-11H,6,9,12H2,(H2,17,18,19). The second kappa shape index (κ2) is 6.19. The first kappa shape index (κ1) is 14.6. The maximum absolute atomic E-state index is 12.1. The Hall–Kier alpha value is -2.34. The Morgan fingerprint density at radius 2 is 1.73 bits per heavy atom. The predicted molar refractivity (Wildman–Crippen MR) is 87.5 cm³/mol. The van der Waals surface area contributed by atoms with Gasteiger partial charge in [0, 0.05) is 6.54 Å². The number of nitrogens with one attached hydrogen (secondary N) is 2. The van der Waals surface area contributed by atoms with Gasteiger partial charge in [0.05, 0.1) is 5.69 Å². The van der Waals surface area contributed by atoms with Gasteiger partial charge in [0.25, 0.3) is 10.0 Å². The number of benzene rings is 2. The van der Waals surface area contributed by atoms with Crippen molar-refractivity contribution in [3.05, 3.63) is 60.2 Å². The highest BCUT2D eigenvalue weighted by Gasteiger charge is 2.23. The molecule has 0 bridgehead atoms. The molecule has 0 fully saturated rings. The zero-order chi connectivity index (χ0) is 15.4. The van der Waals surface area contributed by atoms with Crippen molar-refractivity contribution < 1.29 is 8.42 Å². The fourth-order valence-corrected chi connectivity index (χ4v) is 3.43. The van der Waals surface area contributed by atoms with Crippen LogP contribution in [0.2, 0.25) is 0 Å². The Morgan fingerprint density at radius 1 is 1.00 bits per heavy atom. The van der Waals surface area contributed by atoms with Crippen LogP contribution in [0, 0.1) is 0 Å². The number of aryl methyl sites for hydroxylation is 1. The quantitative estimate of drug-likeness (QED) is 0.850. The van der Waals surface area contributed by atoms with E-state index in [1.807, 2.05) is 18.2 Å². The van der Waals surface area contributed by atoms with Crippen LogP contribution in [0.4, 0.5) is 5.69 Å². The van der Waals surface area contributed by atoms with E-state index in [1.54, 1.807) is 24.3 Å². The topological polar surface area (TPSA) is 70.6 Å². The van der Waals surface area contributed by atoms with Gasteiger partial charge in [-0.15, -0.1) is 4.40 Å². The molecule has 0 saturated carbocycles. The van der Waals surface area contributed by atoms with Crippen LogP contribution in [0.3, 0.4) is 0 Å². The highest BCUT2D eigenvalue weighted by atomic mass is 32.2. The monoisotopic (exact) mass is 315 g/mol. The fraction of sp³-hybridized carbons (Fsp3) is 0.188. The molecule has 2 aromatic carbocycles. The molecule has 0 atom stereocenters. The number of fused-ring (bicyclic) bond motifs is 1. The first-order valence-corrected chi connectivity index (χ1v) is 8.58. The van der Waals surface area contributed by atoms with Gasteiger partial charge < -0.3 is 10.6 Å². The van der Waals surface area contributed by atoms with E-state index >= 15 is 0 Å². The Kier molecular flexibility index (Phi) is 4.11. The molecule has 2 aromatic rings. The Morgan fingerprint density at radius 3 is 2.55 bits per heavy atom. The van der Waals surface area contributed by atoms with Gasteiger partial charge in [0.2, 0.25) is 5.96 Å². The van der Waals surface area contributed by atoms with E-state index < -0.39 is 10.0 Å². The number of para-hydroxylation sites is 1. The molecule has 5 nitrogen and oxygen atoms in total. The van der Waals surface area contributed by atoms with Crippen molar-refractivity contribution >= 4 is 21.7 Å². The first-order valence-electron chi connectivity index (χ1n) is 7.14. The smallest absolute Gasteiger partial charge is 0.287 e. The average molecular weight is 315 g/mol. The molecule has 22 heavy (non-hydrogen) atoms. The van der Waals surface area contributed by atoms with E-state index in [0.29, 0.717) is 12.2 Å². The van der Waals surface area contributed by atoms with Crippen molar-refractivity contribution in [2.75, 3.05) is 11.9 Å². The van der Waals surface area contributed by atoms with Crippen molar-refractivity contribution in [2.45, 2.75) is 17.7 Å². The molecule has 0 amide bonds. The summed E-state index contributed by atoms with van der Waals surface area (Å²) in [6.07, 6.45) is 1.83. The molecule has 0 aromatic heterocycles. The summed E-state index contributed by atoms with van der Waals surface area (Å²) in [4.78, 5) is 0.213. The number of anilines is 1. The maximum atomic E-state index is 12.1. The largest absolute Gasteiger partial charge is 0.355 e. The van der Waals surface area contributed by atoms with Crippen LogP contribution < -0.4 is 10.6 Å². The molecule has 0 unspecified atom stereocenters. The average Bonchev–Trinajstić information content (AvgIpc) is 2.52. The predicted octanol–water partition coefficient (Wildman–Crippen LogP) is 2.38. The lowest BCUT2D eigenvalue weighted by molar-refractivity contribution is 0.597. The second-order valence-corrected chi connectivity index (χ2v) is 6.62. The molecule has 0 spiro atoms. The van der Waals surface area contributed by atoms with Crippen LogP contribution in [-0.4, -0.2) is 20.9 Å². The van der Waals surface area contributed by atoms with Gasteiger partial charge in [0.15, 0.2) is 0 Å². The molecule has 0 saturated heterocycles. The summed E-state index contributed by atoms with van der Waals surface area (Å²) < 4.78 is 27.9. The lowest BCUT2D eigenvalue weighted by Crippen LogP contribution is -2.35. The summed E-state index contributed by atoms with van der Waals surface area (Å²) >= 11 is 0. The number of rotatable bonds is 4. The van der Waals surface area contributed by atoms with Gasteiger partial charge in [-0.3, -0.25) is 0 Å². The number of sulfonamides is 1. The van der Waals surface area contributed by atoms with Crippen LogP contribution in [0.5, 0.6) is 0 Å². The molecule has 0 radical (unpaired) electrons. The van der Waals surface area contributed by atoms with Crippen LogP contribution in [0.15, 0.2) is 63.9 Å². The number of nitrogens with zero attached hydrogens (tertiary/aromatic N) is 1. The molecule has 1 aliphatic heterocycles. The van der Waals surface area contributed by atoms with Gasteiger partial charge in [-0.2, -0.15) is 8.42 Å². The molecule has 2 N–H and O–H groups in total. The van der Waals surface area contributed by atoms with E-state index in [4.69, 9.17) is 0 Å². The van der Waals surface area contributed by atoms with E-state index in [-0.39, 0.29) is 10.9 Å². The van der Waals surface area contributed by atoms with Crippen molar-refractivity contribution in [1.82, 2.24) is 5.32 Å². The normalized spacial score (nSPS) is 15.4. The summed E-state index contributed by atoms with van der Waals surface area (Å²) in [5.74, 6) is 0.284. The minimum Gasteiger partial charge on any atom is -0.355 e. The SMILES string of the molecule is O=S1(=O)N=C(NCCCc2ccccc2)Nc2ccccc21. The van der Waals surface area contributed by atoms with E-state index in [9.17, 15) is 8.42 Å². The van der Waals surface area contributed by atoms with E-state index in [0.717, 1.165) is 12.8 Å². The van der Waals surface area contributed by atoms with Crippen molar-refractivity contribution in [3.8, 4) is 0 Å². The third kappa shape index (κ3) is 3.28. The lowest BCUT2D eigenvalue weighted by Gasteiger charge is -2.18. The minimum absolute atomic E-state index is 0.213. The number of guanidine groups is 1. The zero-order valence-corrected chi connectivity index (χ0v) is 12.8. The summed E-state index contributed by atoms with van der Waals surface area (Å²) in [6, 6.07) is 16.9. The maximum Gasteiger partial charge on any atom is 0.287 e. The molecule has 0 aliphatic carbocycles. The Bertz CT molecular complexity index is 786. The molecule has 6 heteroatoms.